The van der Waals surface area contributed by atoms with E-state index in [1.165, 1.54) is 17.8 Å². The molecular formula is C11H17N3. The molecule has 1 aliphatic heterocycles. The largest absolute Gasteiger partial charge is 0.364 e. The third-order valence-corrected chi connectivity index (χ3v) is 2.51. The van der Waals surface area contributed by atoms with Gasteiger partial charge in [0.25, 0.3) is 0 Å². The Hall–Kier alpha value is -1.22. The van der Waals surface area contributed by atoms with Gasteiger partial charge in [-0.15, -0.1) is 0 Å². The van der Waals surface area contributed by atoms with Gasteiger partial charge >= 0.3 is 0 Å². The number of hydrogen-bond donors (Lipinski definition) is 3. The van der Waals surface area contributed by atoms with E-state index in [0.29, 0.717) is 6.17 Å². The van der Waals surface area contributed by atoms with Crippen LogP contribution in [0.1, 0.15) is 12.8 Å². The summed E-state index contributed by atoms with van der Waals surface area (Å²) in [6.45, 7) is 1.08. The second kappa shape index (κ2) is 4.33. The highest BCUT2D eigenvalue weighted by Crippen LogP contribution is 2.29. The van der Waals surface area contributed by atoms with Gasteiger partial charge < -0.3 is 16.0 Å². The minimum Gasteiger partial charge on any atom is -0.364 e. The summed E-state index contributed by atoms with van der Waals surface area (Å²) in [5, 5.41) is 10.1. The molecule has 2 rings (SSSR count). The van der Waals surface area contributed by atoms with Crippen molar-refractivity contribution in [3.05, 3.63) is 24.3 Å². The summed E-state index contributed by atoms with van der Waals surface area (Å²) in [6, 6.07) is 8.34. The van der Waals surface area contributed by atoms with Gasteiger partial charge in [-0.05, 0) is 38.6 Å². The molecule has 1 aliphatic rings. The minimum absolute atomic E-state index is 0.403. The molecule has 0 radical (unpaired) electrons. The molecular weight excluding hydrogens is 174 g/mol. The van der Waals surface area contributed by atoms with Crippen molar-refractivity contribution in [1.29, 1.82) is 0 Å². The standard InChI is InChI=1S/C11H17N3/c1-12-8-4-7-11-13-9-5-2-3-6-10(9)14-11/h2-3,5-6,11-14H,4,7-8H2,1H3. The molecule has 0 saturated heterocycles. The summed E-state index contributed by atoms with van der Waals surface area (Å²) in [7, 11) is 1.99. The lowest BCUT2D eigenvalue weighted by Gasteiger charge is -2.11. The summed E-state index contributed by atoms with van der Waals surface area (Å²) in [4.78, 5) is 0. The van der Waals surface area contributed by atoms with E-state index < -0.39 is 0 Å². The van der Waals surface area contributed by atoms with E-state index in [9.17, 15) is 0 Å². The molecule has 0 spiro atoms. The first-order valence-corrected chi connectivity index (χ1v) is 5.17. The van der Waals surface area contributed by atoms with E-state index in [0.717, 1.165) is 13.0 Å². The van der Waals surface area contributed by atoms with E-state index in [4.69, 9.17) is 0 Å². The zero-order valence-electron chi connectivity index (χ0n) is 8.51. The van der Waals surface area contributed by atoms with E-state index in [1.807, 2.05) is 7.05 Å². The molecule has 0 saturated carbocycles. The van der Waals surface area contributed by atoms with Crippen LogP contribution in [0, 0.1) is 0 Å². The van der Waals surface area contributed by atoms with Crippen molar-refractivity contribution in [3.63, 3.8) is 0 Å². The van der Waals surface area contributed by atoms with Crippen LogP contribution in [0.5, 0.6) is 0 Å². The SMILES string of the molecule is CNCCCC1Nc2ccccc2N1. The number of anilines is 2. The van der Waals surface area contributed by atoms with Crippen molar-refractivity contribution in [1.82, 2.24) is 5.32 Å². The number of nitrogens with one attached hydrogen (secondary N) is 3. The van der Waals surface area contributed by atoms with E-state index in [-0.39, 0.29) is 0 Å². The Morgan fingerprint density at radius 1 is 1.21 bits per heavy atom. The van der Waals surface area contributed by atoms with E-state index in [2.05, 4.69) is 40.2 Å². The Morgan fingerprint density at radius 3 is 2.43 bits per heavy atom. The molecule has 76 valence electrons. The van der Waals surface area contributed by atoms with Crippen LogP contribution in [-0.2, 0) is 0 Å². The summed E-state index contributed by atoms with van der Waals surface area (Å²) >= 11 is 0. The average Bonchev–Trinajstić information content (AvgIpc) is 2.60. The number of para-hydroxylation sites is 2. The smallest absolute Gasteiger partial charge is 0.0965 e. The van der Waals surface area contributed by atoms with Gasteiger partial charge in [-0.3, -0.25) is 0 Å². The summed E-state index contributed by atoms with van der Waals surface area (Å²) in [5.74, 6) is 0. The Labute approximate surface area is 84.9 Å². The van der Waals surface area contributed by atoms with Crippen molar-refractivity contribution in [3.8, 4) is 0 Å². The van der Waals surface area contributed by atoms with Gasteiger partial charge in [-0.1, -0.05) is 12.1 Å². The normalized spacial score (nSPS) is 14.6. The van der Waals surface area contributed by atoms with Crippen LogP contribution in [-0.4, -0.2) is 19.8 Å². The van der Waals surface area contributed by atoms with Gasteiger partial charge in [0.15, 0.2) is 0 Å². The molecule has 1 heterocycles. The number of hydrogen-bond acceptors (Lipinski definition) is 3. The Bertz CT molecular complexity index is 273. The highest BCUT2D eigenvalue weighted by Gasteiger charge is 2.17. The monoisotopic (exact) mass is 191 g/mol. The van der Waals surface area contributed by atoms with Gasteiger partial charge in [-0.2, -0.15) is 0 Å². The zero-order valence-corrected chi connectivity index (χ0v) is 8.51. The molecule has 0 unspecified atom stereocenters. The van der Waals surface area contributed by atoms with Gasteiger partial charge in [0.05, 0.1) is 17.5 Å². The molecule has 0 aliphatic carbocycles. The first-order valence-electron chi connectivity index (χ1n) is 5.17. The minimum atomic E-state index is 0.403. The van der Waals surface area contributed by atoms with E-state index >= 15 is 0 Å². The van der Waals surface area contributed by atoms with Gasteiger partial charge in [0.1, 0.15) is 0 Å². The lowest BCUT2D eigenvalue weighted by atomic mass is 10.2. The molecule has 3 nitrogen and oxygen atoms in total. The zero-order chi connectivity index (χ0) is 9.80. The van der Waals surface area contributed by atoms with Crippen molar-refractivity contribution in [2.45, 2.75) is 19.0 Å². The van der Waals surface area contributed by atoms with Gasteiger partial charge in [-0.25, -0.2) is 0 Å². The molecule has 0 fully saturated rings. The molecule has 0 atom stereocenters. The topological polar surface area (TPSA) is 36.1 Å². The van der Waals surface area contributed by atoms with Crippen molar-refractivity contribution in [2.24, 2.45) is 0 Å². The maximum absolute atomic E-state index is 3.45. The number of benzene rings is 1. The lowest BCUT2D eigenvalue weighted by molar-refractivity contribution is 0.640. The highest BCUT2D eigenvalue weighted by atomic mass is 15.2. The number of fused-ring (bicyclic) bond motifs is 1. The van der Waals surface area contributed by atoms with Crippen LogP contribution in [0.4, 0.5) is 11.4 Å². The second-order valence-electron chi connectivity index (χ2n) is 3.63. The van der Waals surface area contributed by atoms with Crippen LogP contribution in [0.25, 0.3) is 0 Å². The van der Waals surface area contributed by atoms with Crippen LogP contribution in [0.2, 0.25) is 0 Å². The maximum Gasteiger partial charge on any atom is 0.0965 e. The van der Waals surface area contributed by atoms with Crippen molar-refractivity contribution < 1.29 is 0 Å². The molecule has 14 heavy (non-hydrogen) atoms. The Balaban J connectivity index is 1.86. The average molecular weight is 191 g/mol. The molecule has 3 N–H and O–H groups in total. The van der Waals surface area contributed by atoms with Crippen LogP contribution in [0.15, 0.2) is 24.3 Å². The quantitative estimate of drug-likeness (QED) is 0.636. The third-order valence-electron chi connectivity index (χ3n) is 2.51. The first kappa shape index (κ1) is 9.34. The Kier molecular flexibility index (Phi) is 2.89. The van der Waals surface area contributed by atoms with Crippen LogP contribution >= 0.6 is 0 Å². The maximum atomic E-state index is 3.45. The molecule has 0 amide bonds. The van der Waals surface area contributed by atoms with Gasteiger partial charge in [0.2, 0.25) is 0 Å². The summed E-state index contributed by atoms with van der Waals surface area (Å²) in [6.07, 6.45) is 2.74. The fourth-order valence-corrected chi connectivity index (χ4v) is 1.77. The first-order chi connectivity index (χ1) is 6.90. The summed E-state index contributed by atoms with van der Waals surface area (Å²) < 4.78 is 0. The molecule has 0 bridgehead atoms. The molecule has 1 aromatic rings. The second-order valence-corrected chi connectivity index (χ2v) is 3.63. The predicted octanol–water partition coefficient (Wildman–Crippen LogP) is 1.85. The van der Waals surface area contributed by atoms with Crippen LogP contribution < -0.4 is 16.0 Å². The lowest BCUT2D eigenvalue weighted by Crippen LogP contribution is -2.23. The van der Waals surface area contributed by atoms with Gasteiger partial charge in [0, 0.05) is 0 Å². The molecule has 1 aromatic carbocycles. The molecule has 3 heteroatoms. The molecule has 0 aromatic heterocycles. The fourth-order valence-electron chi connectivity index (χ4n) is 1.77. The third kappa shape index (κ3) is 1.99. The fraction of sp³-hybridized carbons (Fsp3) is 0.455. The predicted molar refractivity (Wildman–Crippen MR) is 60.6 cm³/mol. The van der Waals surface area contributed by atoms with Crippen LogP contribution in [0.3, 0.4) is 0 Å². The Morgan fingerprint density at radius 2 is 1.86 bits per heavy atom. The van der Waals surface area contributed by atoms with Crippen molar-refractivity contribution in [2.75, 3.05) is 24.2 Å². The number of rotatable bonds is 4. The van der Waals surface area contributed by atoms with Crippen molar-refractivity contribution >= 4 is 11.4 Å². The van der Waals surface area contributed by atoms with E-state index in [1.54, 1.807) is 0 Å². The summed E-state index contributed by atoms with van der Waals surface area (Å²) in [5.41, 5.74) is 2.45. The highest BCUT2D eigenvalue weighted by molar-refractivity contribution is 5.73.